The first-order valence-corrected chi connectivity index (χ1v) is 10.9. The summed E-state index contributed by atoms with van der Waals surface area (Å²) in [7, 11) is -3.36. The molecule has 0 spiro atoms. The molecule has 0 atom stereocenters. The summed E-state index contributed by atoms with van der Waals surface area (Å²) in [6.07, 6.45) is 0.337. The highest BCUT2D eigenvalue weighted by atomic mass is 79.9. The maximum atomic E-state index is 12.6. The Kier molecular flexibility index (Phi) is 6.11. The van der Waals surface area contributed by atoms with Crippen molar-refractivity contribution in [2.24, 2.45) is 0 Å². The predicted molar refractivity (Wildman–Crippen MR) is 105 cm³/mol. The lowest BCUT2D eigenvalue weighted by Gasteiger charge is -2.34. The molecule has 7 heteroatoms. The fourth-order valence-electron chi connectivity index (χ4n) is 2.98. The standard InChI is InChI=1S/C19H21BrN2O3S/c20-18-8-6-16(7-9-18)14-19(23)21-10-12-22(13-11-21)26(24,25)15-17-4-2-1-3-5-17/h1-9H,10-15H2. The molecule has 0 radical (unpaired) electrons. The minimum Gasteiger partial charge on any atom is -0.340 e. The second-order valence-corrected chi connectivity index (χ2v) is 9.21. The molecule has 0 unspecified atom stereocenters. The highest BCUT2D eigenvalue weighted by molar-refractivity contribution is 9.10. The number of piperazine rings is 1. The summed E-state index contributed by atoms with van der Waals surface area (Å²) in [6.45, 7) is 1.56. The van der Waals surface area contributed by atoms with Crippen molar-refractivity contribution in [3.05, 3.63) is 70.2 Å². The van der Waals surface area contributed by atoms with E-state index in [9.17, 15) is 13.2 Å². The zero-order valence-electron chi connectivity index (χ0n) is 14.3. The number of benzene rings is 2. The summed E-state index contributed by atoms with van der Waals surface area (Å²) in [6, 6.07) is 16.8. The van der Waals surface area contributed by atoms with Crippen molar-refractivity contribution in [2.75, 3.05) is 26.2 Å². The van der Waals surface area contributed by atoms with Crippen molar-refractivity contribution in [2.45, 2.75) is 12.2 Å². The summed E-state index contributed by atoms with van der Waals surface area (Å²) < 4.78 is 27.6. The van der Waals surface area contributed by atoms with E-state index in [1.165, 1.54) is 4.31 Å². The Hall–Kier alpha value is -1.70. The molecule has 1 fully saturated rings. The highest BCUT2D eigenvalue weighted by Gasteiger charge is 2.28. The summed E-state index contributed by atoms with van der Waals surface area (Å²) in [4.78, 5) is 14.2. The van der Waals surface area contributed by atoms with Gasteiger partial charge in [0.1, 0.15) is 0 Å². The monoisotopic (exact) mass is 436 g/mol. The van der Waals surface area contributed by atoms with E-state index in [0.717, 1.165) is 15.6 Å². The van der Waals surface area contributed by atoms with Crippen LogP contribution in [0.15, 0.2) is 59.1 Å². The lowest BCUT2D eigenvalue weighted by molar-refractivity contribution is -0.131. The van der Waals surface area contributed by atoms with E-state index in [2.05, 4.69) is 15.9 Å². The molecular formula is C19H21BrN2O3S. The molecule has 5 nitrogen and oxygen atoms in total. The van der Waals surface area contributed by atoms with Crippen molar-refractivity contribution < 1.29 is 13.2 Å². The molecule has 3 rings (SSSR count). The van der Waals surface area contributed by atoms with Gasteiger partial charge in [0.05, 0.1) is 12.2 Å². The van der Waals surface area contributed by atoms with Gasteiger partial charge in [-0.3, -0.25) is 4.79 Å². The molecule has 1 heterocycles. The molecule has 0 N–H and O–H groups in total. The molecule has 0 aromatic heterocycles. The first-order valence-electron chi connectivity index (χ1n) is 8.48. The van der Waals surface area contributed by atoms with E-state index in [1.807, 2.05) is 54.6 Å². The molecule has 2 aromatic rings. The van der Waals surface area contributed by atoms with Crippen LogP contribution in [0, 0.1) is 0 Å². The van der Waals surface area contributed by atoms with Gasteiger partial charge in [-0.25, -0.2) is 8.42 Å². The minimum atomic E-state index is -3.36. The van der Waals surface area contributed by atoms with Crippen LogP contribution in [0.3, 0.4) is 0 Å². The predicted octanol–water partition coefficient (Wildman–Crippen LogP) is 2.67. The molecule has 1 aliphatic rings. The summed E-state index contributed by atoms with van der Waals surface area (Å²) in [5, 5.41) is 0. The van der Waals surface area contributed by atoms with Gasteiger partial charge < -0.3 is 4.90 Å². The third-order valence-electron chi connectivity index (χ3n) is 4.45. The largest absolute Gasteiger partial charge is 0.340 e. The molecule has 0 aliphatic carbocycles. The highest BCUT2D eigenvalue weighted by Crippen LogP contribution is 2.15. The normalized spacial score (nSPS) is 15.8. The van der Waals surface area contributed by atoms with Crippen LogP contribution in [0.2, 0.25) is 0 Å². The zero-order valence-corrected chi connectivity index (χ0v) is 16.7. The number of rotatable bonds is 5. The summed E-state index contributed by atoms with van der Waals surface area (Å²) >= 11 is 3.38. The van der Waals surface area contributed by atoms with Gasteiger partial charge in [0.15, 0.2) is 0 Å². The van der Waals surface area contributed by atoms with E-state index >= 15 is 0 Å². The van der Waals surface area contributed by atoms with Crippen molar-refractivity contribution in [3.8, 4) is 0 Å². The molecule has 0 bridgehead atoms. The van der Waals surface area contributed by atoms with Gasteiger partial charge in [-0.15, -0.1) is 0 Å². The van der Waals surface area contributed by atoms with Crippen LogP contribution >= 0.6 is 15.9 Å². The Morgan fingerprint density at radius 2 is 1.50 bits per heavy atom. The summed E-state index contributed by atoms with van der Waals surface area (Å²) in [5.74, 6) is 0.0353. The van der Waals surface area contributed by atoms with Crippen LogP contribution in [0.1, 0.15) is 11.1 Å². The number of carbonyl (C=O) groups excluding carboxylic acids is 1. The fraction of sp³-hybridized carbons (Fsp3) is 0.316. The van der Waals surface area contributed by atoms with Crippen LogP contribution in [0.5, 0.6) is 0 Å². The molecule has 138 valence electrons. The molecule has 0 saturated carbocycles. The average Bonchev–Trinajstić information content (AvgIpc) is 2.64. The van der Waals surface area contributed by atoms with Crippen LogP contribution in [-0.4, -0.2) is 49.7 Å². The maximum Gasteiger partial charge on any atom is 0.227 e. The second-order valence-electron chi connectivity index (χ2n) is 6.32. The Bertz CT molecular complexity index is 846. The van der Waals surface area contributed by atoms with Gasteiger partial charge in [-0.1, -0.05) is 58.4 Å². The van der Waals surface area contributed by atoms with E-state index < -0.39 is 10.0 Å². The number of nitrogens with zero attached hydrogens (tertiary/aromatic N) is 2. The minimum absolute atomic E-state index is 0.000674. The van der Waals surface area contributed by atoms with Gasteiger partial charge >= 0.3 is 0 Å². The number of hydrogen-bond donors (Lipinski definition) is 0. The van der Waals surface area contributed by atoms with Gasteiger partial charge in [-0.05, 0) is 23.3 Å². The molecule has 2 aromatic carbocycles. The van der Waals surface area contributed by atoms with E-state index in [0.29, 0.717) is 32.6 Å². The van der Waals surface area contributed by atoms with Crippen molar-refractivity contribution in [1.29, 1.82) is 0 Å². The number of amides is 1. The lowest BCUT2D eigenvalue weighted by atomic mass is 10.1. The van der Waals surface area contributed by atoms with Crippen molar-refractivity contribution in [3.63, 3.8) is 0 Å². The Labute approximate surface area is 162 Å². The molecule has 1 amide bonds. The van der Waals surface area contributed by atoms with Crippen molar-refractivity contribution in [1.82, 2.24) is 9.21 Å². The first kappa shape index (κ1) is 19.1. The average molecular weight is 437 g/mol. The quantitative estimate of drug-likeness (QED) is 0.723. The van der Waals surface area contributed by atoms with Crippen LogP contribution in [-0.2, 0) is 27.0 Å². The Morgan fingerprint density at radius 3 is 2.12 bits per heavy atom. The van der Waals surface area contributed by atoms with Gasteiger partial charge in [0, 0.05) is 30.7 Å². The van der Waals surface area contributed by atoms with Gasteiger partial charge in [0.2, 0.25) is 15.9 Å². The SMILES string of the molecule is O=C(Cc1ccc(Br)cc1)N1CCN(S(=O)(=O)Cc2ccccc2)CC1. The third-order valence-corrected chi connectivity index (χ3v) is 6.82. The fourth-order valence-corrected chi connectivity index (χ4v) is 4.76. The van der Waals surface area contributed by atoms with Gasteiger partial charge in [0.25, 0.3) is 0 Å². The van der Waals surface area contributed by atoms with Crippen LogP contribution in [0.25, 0.3) is 0 Å². The molecule has 26 heavy (non-hydrogen) atoms. The number of sulfonamides is 1. The van der Waals surface area contributed by atoms with Crippen molar-refractivity contribution >= 4 is 31.9 Å². The lowest BCUT2D eigenvalue weighted by Crippen LogP contribution is -2.51. The molecule has 1 aliphatic heterocycles. The maximum absolute atomic E-state index is 12.6. The topological polar surface area (TPSA) is 57.7 Å². The van der Waals surface area contributed by atoms with Crippen LogP contribution in [0.4, 0.5) is 0 Å². The van der Waals surface area contributed by atoms with E-state index in [1.54, 1.807) is 4.90 Å². The number of carbonyl (C=O) groups is 1. The second kappa shape index (κ2) is 8.33. The smallest absolute Gasteiger partial charge is 0.227 e. The van der Waals surface area contributed by atoms with Crippen LogP contribution < -0.4 is 0 Å². The van der Waals surface area contributed by atoms with E-state index in [-0.39, 0.29) is 11.7 Å². The Balaban J connectivity index is 1.54. The third kappa shape index (κ3) is 4.93. The van der Waals surface area contributed by atoms with E-state index in [4.69, 9.17) is 0 Å². The van der Waals surface area contributed by atoms with Gasteiger partial charge in [-0.2, -0.15) is 4.31 Å². The zero-order chi connectivity index (χ0) is 18.6. The Morgan fingerprint density at radius 1 is 0.885 bits per heavy atom. The summed E-state index contributed by atoms with van der Waals surface area (Å²) in [5.41, 5.74) is 1.73. The molecule has 1 saturated heterocycles. The first-order chi connectivity index (χ1) is 12.4. The number of hydrogen-bond acceptors (Lipinski definition) is 3. The molecular weight excluding hydrogens is 416 g/mol. The number of halogens is 1.